The second-order valence-electron chi connectivity index (χ2n) is 6.61. The molecule has 0 unspecified atom stereocenters. The van der Waals surface area contributed by atoms with E-state index in [1.807, 2.05) is 26.0 Å². The van der Waals surface area contributed by atoms with Crippen LogP contribution in [-0.2, 0) is 29.3 Å². The van der Waals surface area contributed by atoms with Gasteiger partial charge in [0.2, 0.25) is 15.0 Å². The lowest BCUT2D eigenvalue weighted by Gasteiger charge is -2.28. The number of aromatic hydroxyl groups is 1. The number of nitrogens with zero attached hydrogens (tertiary/aromatic N) is 2. The third-order valence-corrected chi connectivity index (χ3v) is 5.33. The molecular formula is C17H21N3O4S. The summed E-state index contributed by atoms with van der Waals surface area (Å²) in [6.45, 7) is 5.47. The van der Waals surface area contributed by atoms with E-state index in [-0.39, 0.29) is 5.16 Å². The van der Waals surface area contributed by atoms with E-state index < -0.39 is 15.4 Å². The van der Waals surface area contributed by atoms with E-state index in [0.29, 0.717) is 43.1 Å². The van der Waals surface area contributed by atoms with Gasteiger partial charge in [-0.05, 0) is 30.5 Å². The van der Waals surface area contributed by atoms with Crippen LogP contribution in [0.15, 0.2) is 22.1 Å². The summed E-state index contributed by atoms with van der Waals surface area (Å²) >= 11 is 0. The third kappa shape index (κ3) is 3.59. The quantitative estimate of drug-likeness (QED) is 0.790. The van der Waals surface area contributed by atoms with Crippen molar-refractivity contribution in [3.8, 4) is 5.75 Å². The van der Waals surface area contributed by atoms with E-state index in [4.69, 9.17) is 0 Å². The van der Waals surface area contributed by atoms with E-state index in [9.17, 15) is 18.3 Å². The van der Waals surface area contributed by atoms with Crippen molar-refractivity contribution in [1.29, 1.82) is 0 Å². The molecule has 7 nitrogen and oxygen atoms in total. The van der Waals surface area contributed by atoms with Gasteiger partial charge in [-0.1, -0.05) is 12.1 Å². The smallest absolute Gasteiger partial charge is 0.256 e. The zero-order valence-electron chi connectivity index (χ0n) is 14.5. The Labute approximate surface area is 146 Å². The summed E-state index contributed by atoms with van der Waals surface area (Å²) in [6.07, 6.45) is 1.56. The lowest BCUT2D eigenvalue weighted by molar-refractivity contribution is 0.240. The van der Waals surface area contributed by atoms with Crippen LogP contribution in [0.25, 0.3) is 0 Å². The number of phenols is 1. The molecule has 0 bridgehead atoms. The molecule has 2 N–H and O–H groups in total. The van der Waals surface area contributed by atoms with Crippen LogP contribution in [0.5, 0.6) is 5.75 Å². The van der Waals surface area contributed by atoms with Crippen molar-refractivity contribution in [1.82, 2.24) is 14.9 Å². The summed E-state index contributed by atoms with van der Waals surface area (Å²) in [4.78, 5) is 20.9. The first-order valence-corrected chi connectivity index (χ1v) is 9.88. The number of rotatable bonds is 3. The van der Waals surface area contributed by atoms with Crippen molar-refractivity contribution >= 4 is 9.84 Å². The highest BCUT2D eigenvalue weighted by atomic mass is 32.2. The molecule has 0 atom stereocenters. The first-order valence-electron chi connectivity index (χ1n) is 7.98. The minimum absolute atomic E-state index is 0.269. The van der Waals surface area contributed by atoms with Gasteiger partial charge in [0.05, 0.1) is 11.3 Å². The van der Waals surface area contributed by atoms with E-state index >= 15 is 0 Å². The number of aromatic amines is 1. The number of hydrogen-bond acceptors (Lipinski definition) is 6. The molecule has 0 amide bonds. The van der Waals surface area contributed by atoms with Crippen LogP contribution in [0.2, 0.25) is 0 Å². The maximum absolute atomic E-state index is 12.3. The molecule has 8 heteroatoms. The molecule has 0 fully saturated rings. The molecule has 0 saturated heterocycles. The van der Waals surface area contributed by atoms with Crippen molar-refractivity contribution in [2.24, 2.45) is 0 Å². The number of phenolic OH excluding ortho intramolecular Hbond substituents is 1. The van der Waals surface area contributed by atoms with Gasteiger partial charge in [-0.25, -0.2) is 13.4 Å². The highest BCUT2D eigenvalue weighted by Crippen LogP contribution is 2.25. The van der Waals surface area contributed by atoms with Crippen LogP contribution in [0.4, 0.5) is 0 Å². The molecule has 2 heterocycles. The van der Waals surface area contributed by atoms with Crippen LogP contribution in [0.3, 0.4) is 0 Å². The maximum Gasteiger partial charge on any atom is 0.256 e. The van der Waals surface area contributed by atoms with Gasteiger partial charge in [0.1, 0.15) is 5.75 Å². The van der Waals surface area contributed by atoms with Crippen molar-refractivity contribution in [3.63, 3.8) is 0 Å². The number of aryl methyl sites for hydroxylation is 2. The fourth-order valence-corrected chi connectivity index (χ4v) is 3.72. The van der Waals surface area contributed by atoms with Gasteiger partial charge < -0.3 is 5.11 Å². The molecule has 1 aliphatic heterocycles. The molecule has 1 aromatic heterocycles. The Morgan fingerprint density at radius 2 is 1.92 bits per heavy atom. The fourth-order valence-electron chi connectivity index (χ4n) is 3.16. The highest BCUT2D eigenvalue weighted by Gasteiger charge is 2.23. The Morgan fingerprint density at radius 3 is 2.52 bits per heavy atom. The molecule has 3 rings (SSSR count). The molecular weight excluding hydrogens is 342 g/mol. The molecule has 0 aliphatic carbocycles. The summed E-state index contributed by atoms with van der Waals surface area (Å²) in [5.74, 6) is 0.307. The first kappa shape index (κ1) is 17.6. The molecule has 0 spiro atoms. The lowest BCUT2D eigenvalue weighted by Crippen LogP contribution is -2.36. The normalized spacial score (nSPS) is 15.2. The van der Waals surface area contributed by atoms with Gasteiger partial charge in [-0.3, -0.25) is 14.7 Å². The molecule has 134 valence electrons. The lowest BCUT2D eigenvalue weighted by atomic mass is 10.0. The zero-order valence-corrected chi connectivity index (χ0v) is 15.3. The monoisotopic (exact) mass is 363 g/mol. The Kier molecular flexibility index (Phi) is 4.42. The van der Waals surface area contributed by atoms with E-state index in [0.717, 1.165) is 22.9 Å². The van der Waals surface area contributed by atoms with Crippen LogP contribution >= 0.6 is 0 Å². The van der Waals surface area contributed by atoms with Crippen LogP contribution in [0, 0.1) is 13.8 Å². The van der Waals surface area contributed by atoms with Gasteiger partial charge >= 0.3 is 0 Å². The summed E-state index contributed by atoms with van der Waals surface area (Å²) in [5, 5.41) is 9.61. The number of hydrogen-bond donors (Lipinski definition) is 2. The Bertz CT molecular complexity index is 972. The number of fused-ring (bicyclic) bond motifs is 1. The largest absolute Gasteiger partial charge is 0.507 e. The Hall–Kier alpha value is -2.19. The summed E-state index contributed by atoms with van der Waals surface area (Å²) < 4.78 is 23.2. The minimum Gasteiger partial charge on any atom is -0.507 e. The summed E-state index contributed by atoms with van der Waals surface area (Å²) in [6, 6.07) is 3.88. The van der Waals surface area contributed by atoms with E-state index in [1.54, 1.807) is 0 Å². The third-order valence-electron chi connectivity index (χ3n) is 4.43. The number of aromatic nitrogens is 2. The Balaban J connectivity index is 1.86. The zero-order chi connectivity index (χ0) is 18.4. The Morgan fingerprint density at radius 1 is 1.28 bits per heavy atom. The molecule has 1 aromatic carbocycles. The minimum atomic E-state index is -3.54. The van der Waals surface area contributed by atoms with Gasteiger partial charge in [-0.2, -0.15) is 0 Å². The van der Waals surface area contributed by atoms with E-state index in [2.05, 4.69) is 14.9 Å². The predicted molar refractivity (Wildman–Crippen MR) is 93.4 cm³/mol. The summed E-state index contributed by atoms with van der Waals surface area (Å²) in [7, 11) is -3.54. The number of sulfone groups is 1. The second kappa shape index (κ2) is 6.27. The highest BCUT2D eigenvalue weighted by molar-refractivity contribution is 7.90. The standard InChI is InChI=1S/C17H21N3O4S/c1-10-6-12(7-11(2)15(10)21)8-20-5-4-14-13(9-20)16(22)19-17(18-14)25(3,23)24/h6-7,21H,4-5,8-9H2,1-3H3,(H,18,19,22). The molecule has 0 radical (unpaired) electrons. The van der Waals surface area contributed by atoms with Gasteiger partial charge in [0.25, 0.3) is 5.56 Å². The molecule has 0 saturated carbocycles. The van der Waals surface area contributed by atoms with Crippen molar-refractivity contribution < 1.29 is 13.5 Å². The van der Waals surface area contributed by atoms with Gasteiger partial charge in [0, 0.05) is 32.3 Å². The van der Waals surface area contributed by atoms with E-state index in [1.165, 1.54) is 0 Å². The number of benzene rings is 1. The fraction of sp³-hybridized carbons (Fsp3) is 0.412. The topological polar surface area (TPSA) is 103 Å². The number of H-pyrrole nitrogens is 1. The first-order chi connectivity index (χ1) is 11.6. The molecule has 1 aliphatic rings. The van der Waals surface area contributed by atoms with Crippen molar-refractivity contribution in [2.75, 3.05) is 12.8 Å². The number of nitrogens with one attached hydrogen (secondary N) is 1. The van der Waals surface area contributed by atoms with Gasteiger partial charge in [0.15, 0.2) is 0 Å². The SMILES string of the molecule is Cc1cc(CN2CCc3nc(S(C)(=O)=O)[nH]c(=O)c3C2)cc(C)c1O. The van der Waals surface area contributed by atoms with Crippen LogP contribution < -0.4 is 5.56 Å². The predicted octanol–water partition coefficient (Wildman–Crippen LogP) is 1.05. The molecule has 2 aromatic rings. The van der Waals surface area contributed by atoms with Crippen LogP contribution in [0.1, 0.15) is 27.9 Å². The maximum atomic E-state index is 12.3. The average molecular weight is 363 g/mol. The van der Waals surface area contributed by atoms with Crippen LogP contribution in [-0.4, -0.2) is 41.2 Å². The summed E-state index contributed by atoms with van der Waals surface area (Å²) in [5.41, 5.74) is 3.39. The second-order valence-corrected chi connectivity index (χ2v) is 8.54. The molecule has 25 heavy (non-hydrogen) atoms. The average Bonchev–Trinajstić information content (AvgIpc) is 2.52. The van der Waals surface area contributed by atoms with Crippen molar-refractivity contribution in [2.45, 2.75) is 38.5 Å². The van der Waals surface area contributed by atoms with Crippen molar-refractivity contribution in [3.05, 3.63) is 50.4 Å². The van der Waals surface area contributed by atoms with Gasteiger partial charge in [-0.15, -0.1) is 0 Å².